The van der Waals surface area contributed by atoms with Crippen molar-refractivity contribution >= 4 is 27.5 Å². The van der Waals surface area contributed by atoms with Crippen molar-refractivity contribution in [3.63, 3.8) is 0 Å². The zero-order valence-corrected chi connectivity index (χ0v) is 16.2. The first-order valence-corrected chi connectivity index (χ1v) is 10.6. The molecule has 2 rings (SSSR count). The van der Waals surface area contributed by atoms with Crippen LogP contribution in [0.4, 0.5) is 5.69 Å². The van der Waals surface area contributed by atoms with Crippen molar-refractivity contribution in [2.75, 3.05) is 19.3 Å². The van der Waals surface area contributed by atoms with E-state index in [9.17, 15) is 18.5 Å². The minimum Gasteiger partial charge on any atom is -0.311 e. The first kappa shape index (κ1) is 20.4. The van der Waals surface area contributed by atoms with Gasteiger partial charge < -0.3 is 5.32 Å². The maximum atomic E-state index is 11.4. The first-order chi connectivity index (χ1) is 12.2. The summed E-state index contributed by atoms with van der Waals surface area (Å²) >= 11 is 1.36. The SMILES string of the molecule is Cc1ccc(Sc2ccc(CNCCNS(C)(=O)=O)cc2[N+](=O)[O-])cc1. The van der Waals surface area contributed by atoms with Crippen LogP contribution in [0.25, 0.3) is 0 Å². The van der Waals surface area contributed by atoms with E-state index in [1.807, 2.05) is 37.3 Å². The molecule has 9 heteroatoms. The van der Waals surface area contributed by atoms with Crippen molar-refractivity contribution in [1.82, 2.24) is 10.0 Å². The van der Waals surface area contributed by atoms with Gasteiger partial charge in [-0.15, -0.1) is 0 Å². The van der Waals surface area contributed by atoms with Crippen LogP contribution in [0.2, 0.25) is 0 Å². The van der Waals surface area contributed by atoms with Crippen LogP contribution in [-0.2, 0) is 16.6 Å². The lowest BCUT2D eigenvalue weighted by Crippen LogP contribution is -2.30. The Bertz CT molecular complexity index is 868. The number of nitro benzene ring substituents is 1. The Morgan fingerprint density at radius 2 is 1.81 bits per heavy atom. The quantitative estimate of drug-likeness (QED) is 0.385. The third kappa shape index (κ3) is 6.75. The molecule has 26 heavy (non-hydrogen) atoms. The molecule has 140 valence electrons. The summed E-state index contributed by atoms with van der Waals surface area (Å²) in [5, 5.41) is 14.5. The van der Waals surface area contributed by atoms with Gasteiger partial charge in [0, 0.05) is 30.6 Å². The van der Waals surface area contributed by atoms with Crippen LogP contribution >= 0.6 is 11.8 Å². The monoisotopic (exact) mass is 395 g/mol. The van der Waals surface area contributed by atoms with E-state index in [0.29, 0.717) is 18.0 Å². The largest absolute Gasteiger partial charge is 0.311 e. The number of hydrogen-bond acceptors (Lipinski definition) is 6. The lowest BCUT2D eigenvalue weighted by atomic mass is 10.2. The summed E-state index contributed by atoms with van der Waals surface area (Å²) in [6, 6.07) is 12.9. The second-order valence-electron chi connectivity index (χ2n) is 5.82. The molecule has 0 spiro atoms. The molecule has 2 aromatic rings. The molecular weight excluding hydrogens is 374 g/mol. The van der Waals surface area contributed by atoms with Crippen LogP contribution in [0.5, 0.6) is 0 Å². The molecule has 0 saturated carbocycles. The number of nitro groups is 1. The van der Waals surface area contributed by atoms with Crippen molar-refractivity contribution in [3.05, 3.63) is 63.7 Å². The van der Waals surface area contributed by atoms with Crippen LogP contribution in [0.1, 0.15) is 11.1 Å². The third-order valence-electron chi connectivity index (χ3n) is 3.46. The summed E-state index contributed by atoms with van der Waals surface area (Å²) < 4.78 is 24.3. The van der Waals surface area contributed by atoms with E-state index in [-0.39, 0.29) is 17.2 Å². The number of aryl methyl sites for hydroxylation is 1. The molecule has 0 aliphatic carbocycles. The minimum atomic E-state index is -3.21. The van der Waals surface area contributed by atoms with Crippen molar-refractivity contribution < 1.29 is 13.3 Å². The molecule has 2 aromatic carbocycles. The zero-order chi connectivity index (χ0) is 19.2. The fourth-order valence-corrected chi connectivity index (χ4v) is 3.57. The minimum absolute atomic E-state index is 0.0594. The summed E-state index contributed by atoms with van der Waals surface area (Å²) in [6.07, 6.45) is 1.10. The molecule has 0 saturated heterocycles. The van der Waals surface area contributed by atoms with E-state index in [1.54, 1.807) is 12.1 Å². The maximum Gasteiger partial charge on any atom is 0.283 e. The van der Waals surface area contributed by atoms with Gasteiger partial charge in [-0.05, 0) is 30.7 Å². The average Bonchev–Trinajstić information content (AvgIpc) is 2.56. The Morgan fingerprint density at radius 3 is 2.42 bits per heavy atom. The van der Waals surface area contributed by atoms with Crippen molar-refractivity contribution in [2.24, 2.45) is 0 Å². The van der Waals surface area contributed by atoms with Gasteiger partial charge in [0.1, 0.15) is 0 Å². The molecule has 2 N–H and O–H groups in total. The molecule has 0 aliphatic heterocycles. The van der Waals surface area contributed by atoms with Crippen molar-refractivity contribution in [2.45, 2.75) is 23.3 Å². The molecule has 0 aromatic heterocycles. The molecule has 0 aliphatic rings. The van der Waals surface area contributed by atoms with Gasteiger partial charge in [0.2, 0.25) is 10.0 Å². The van der Waals surface area contributed by atoms with Crippen LogP contribution in [0, 0.1) is 17.0 Å². The van der Waals surface area contributed by atoms with Crippen molar-refractivity contribution in [3.8, 4) is 0 Å². The highest BCUT2D eigenvalue weighted by Crippen LogP contribution is 2.35. The van der Waals surface area contributed by atoms with Crippen LogP contribution < -0.4 is 10.0 Å². The van der Waals surface area contributed by atoms with Crippen LogP contribution in [0.15, 0.2) is 52.3 Å². The summed E-state index contributed by atoms with van der Waals surface area (Å²) in [5.41, 5.74) is 1.96. The van der Waals surface area contributed by atoms with E-state index in [2.05, 4.69) is 10.0 Å². The Balaban J connectivity index is 2.01. The highest BCUT2D eigenvalue weighted by Gasteiger charge is 2.15. The van der Waals surface area contributed by atoms with Gasteiger partial charge in [-0.25, -0.2) is 13.1 Å². The number of benzene rings is 2. The van der Waals surface area contributed by atoms with E-state index in [1.165, 1.54) is 11.8 Å². The lowest BCUT2D eigenvalue weighted by molar-refractivity contribution is -0.387. The summed E-state index contributed by atoms with van der Waals surface area (Å²) in [6.45, 7) is 3.11. The molecule has 0 fully saturated rings. The second kappa shape index (κ2) is 9.13. The fraction of sp³-hybridized carbons (Fsp3) is 0.294. The van der Waals surface area contributed by atoms with E-state index in [4.69, 9.17) is 0 Å². The summed E-state index contributed by atoms with van der Waals surface area (Å²) in [7, 11) is -3.21. The highest BCUT2D eigenvalue weighted by atomic mass is 32.2. The molecule has 0 amide bonds. The van der Waals surface area contributed by atoms with E-state index >= 15 is 0 Å². The van der Waals surface area contributed by atoms with Gasteiger partial charge >= 0.3 is 0 Å². The van der Waals surface area contributed by atoms with Gasteiger partial charge in [0.15, 0.2) is 0 Å². The predicted octanol–water partition coefficient (Wildman–Crippen LogP) is 2.69. The molecular formula is C17H21N3O4S2. The Labute approximate surface area is 157 Å². The Kier molecular flexibility index (Phi) is 7.15. The van der Waals surface area contributed by atoms with Crippen LogP contribution in [0.3, 0.4) is 0 Å². The second-order valence-corrected chi connectivity index (χ2v) is 8.77. The molecule has 0 atom stereocenters. The smallest absolute Gasteiger partial charge is 0.283 e. The van der Waals surface area contributed by atoms with Crippen molar-refractivity contribution in [1.29, 1.82) is 0 Å². The molecule has 0 bridgehead atoms. The number of rotatable bonds is 9. The average molecular weight is 396 g/mol. The van der Waals surface area contributed by atoms with Crippen LogP contribution in [-0.4, -0.2) is 32.7 Å². The third-order valence-corrected chi connectivity index (χ3v) is 5.27. The van der Waals surface area contributed by atoms with Gasteiger partial charge in [-0.1, -0.05) is 35.5 Å². The Morgan fingerprint density at radius 1 is 1.12 bits per heavy atom. The topological polar surface area (TPSA) is 101 Å². The predicted molar refractivity (Wildman–Crippen MR) is 103 cm³/mol. The first-order valence-electron chi connectivity index (χ1n) is 7.92. The maximum absolute atomic E-state index is 11.4. The van der Waals surface area contributed by atoms with Gasteiger partial charge in [-0.3, -0.25) is 10.1 Å². The molecule has 0 radical (unpaired) electrons. The van der Waals surface area contributed by atoms with Gasteiger partial charge in [0.25, 0.3) is 5.69 Å². The van der Waals surface area contributed by atoms with E-state index in [0.717, 1.165) is 22.3 Å². The summed E-state index contributed by atoms with van der Waals surface area (Å²) in [5.74, 6) is 0. The van der Waals surface area contributed by atoms with E-state index < -0.39 is 10.0 Å². The highest BCUT2D eigenvalue weighted by molar-refractivity contribution is 7.99. The molecule has 0 heterocycles. The fourth-order valence-electron chi connectivity index (χ4n) is 2.19. The Hall–Kier alpha value is -1.94. The molecule has 0 unspecified atom stereocenters. The normalized spacial score (nSPS) is 11.5. The number of nitrogens with zero attached hydrogens (tertiary/aromatic N) is 1. The van der Waals surface area contributed by atoms with Gasteiger partial charge in [0.05, 0.1) is 16.1 Å². The lowest BCUT2D eigenvalue weighted by Gasteiger charge is -2.08. The summed E-state index contributed by atoms with van der Waals surface area (Å²) in [4.78, 5) is 12.5. The number of nitrogens with one attached hydrogen (secondary N) is 2. The zero-order valence-electron chi connectivity index (χ0n) is 14.6. The standard InChI is InChI=1S/C17H21N3O4S2/c1-13-3-6-15(7-4-13)25-17-8-5-14(11-16(17)20(21)22)12-18-9-10-19-26(2,23)24/h3-8,11,18-19H,9-10,12H2,1-2H3. The number of sulfonamides is 1. The number of hydrogen-bond donors (Lipinski definition) is 2. The molecule has 7 nitrogen and oxygen atoms in total. The van der Waals surface area contributed by atoms with Gasteiger partial charge in [-0.2, -0.15) is 0 Å².